The molecule has 0 fully saturated rings. The summed E-state index contributed by atoms with van der Waals surface area (Å²) in [7, 11) is 0. The number of hydrogen-bond donors (Lipinski definition) is 1. The summed E-state index contributed by atoms with van der Waals surface area (Å²) >= 11 is 0. The first-order valence-corrected chi connectivity index (χ1v) is 3.39. The molecule has 0 aliphatic rings. The molecule has 0 rings (SSSR count). The summed E-state index contributed by atoms with van der Waals surface area (Å²) in [5.41, 5.74) is 0. The van der Waals surface area contributed by atoms with Crippen LogP contribution in [0.5, 0.6) is 0 Å². The third kappa shape index (κ3) is 5.39. The van der Waals surface area contributed by atoms with E-state index in [1.54, 1.807) is 6.92 Å². The van der Waals surface area contributed by atoms with Gasteiger partial charge in [-0.3, -0.25) is 0 Å². The van der Waals surface area contributed by atoms with Crippen molar-refractivity contribution >= 4 is 0 Å². The number of hydrogen-bond acceptors (Lipinski definition) is 1. The second-order valence-corrected chi connectivity index (χ2v) is 2.07. The minimum Gasteiger partial charge on any atom is -0.392 e. The summed E-state index contributed by atoms with van der Waals surface area (Å²) in [6.45, 7) is 3.85. The fraction of sp³-hybridized carbons (Fsp3) is 0.750. The fourth-order valence-corrected chi connectivity index (χ4v) is 0.655. The topological polar surface area (TPSA) is 20.2 Å². The van der Waals surface area contributed by atoms with Gasteiger partial charge in [-0.15, -0.1) is 11.8 Å². The molecule has 0 saturated heterocycles. The average Bonchev–Trinajstić information content (AvgIpc) is 1.85. The molecule has 0 aromatic rings. The van der Waals surface area contributed by atoms with Gasteiger partial charge in [-0.2, -0.15) is 0 Å². The number of rotatable bonds is 3. The van der Waals surface area contributed by atoms with E-state index in [9.17, 15) is 0 Å². The van der Waals surface area contributed by atoms with Crippen molar-refractivity contribution in [1.29, 1.82) is 0 Å². The monoisotopic (exact) mass is 126 g/mol. The third-order valence-electron chi connectivity index (χ3n) is 1.14. The van der Waals surface area contributed by atoms with Crippen LogP contribution in [0.3, 0.4) is 0 Å². The third-order valence-corrected chi connectivity index (χ3v) is 1.14. The van der Waals surface area contributed by atoms with E-state index in [2.05, 4.69) is 18.8 Å². The highest BCUT2D eigenvalue weighted by atomic mass is 16.3. The molecule has 0 amide bonds. The van der Waals surface area contributed by atoms with Gasteiger partial charge in [-0.25, -0.2) is 0 Å². The van der Waals surface area contributed by atoms with E-state index in [0.29, 0.717) is 6.42 Å². The molecule has 9 heavy (non-hydrogen) atoms. The molecule has 1 N–H and O–H groups in total. The highest BCUT2D eigenvalue weighted by Crippen LogP contribution is 1.98. The van der Waals surface area contributed by atoms with Crippen LogP contribution in [0, 0.1) is 11.8 Å². The van der Waals surface area contributed by atoms with Crippen molar-refractivity contribution < 1.29 is 5.11 Å². The van der Waals surface area contributed by atoms with Crippen LogP contribution in [0.15, 0.2) is 0 Å². The van der Waals surface area contributed by atoms with Crippen molar-refractivity contribution in [2.24, 2.45) is 0 Å². The zero-order chi connectivity index (χ0) is 7.11. The Labute approximate surface area is 57.1 Å². The second kappa shape index (κ2) is 5.65. The van der Waals surface area contributed by atoms with Crippen LogP contribution in [-0.4, -0.2) is 11.2 Å². The Balaban J connectivity index is 3.22. The largest absolute Gasteiger partial charge is 0.392 e. The summed E-state index contributed by atoms with van der Waals surface area (Å²) in [5.74, 6) is 5.58. The summed E-state index contributed by atoms with van der Waals surface area (Å²) in [5, 5.41) is 9.08. The number of aliphatic hydroxyl groups excluding tert-OH is 1. The molecule has 0 aromatic heterocycles. The highest BCUT2D eigenvalue weighted by Gasteiger charge is 1.97. The molecule has 0 radical (unpaired) electrons. The maximum absolute atomic E-state index is 9.08. The van der Waals surface area contributed by atoms with Gasteiger partial charge in [0.05, 0.1) is 6.10 Å². The van der Waals surface area contributed by atoms with Crippen molar-refractivity contribution in [3.63, 3.8) is 0 Å². The summed E-state index contributed by atoms with van der Waals surface area (Å²) in [6.07, 6.45) is 2.33. The zero-order valence-electron chi connectivity index (χ0n) is 6.15. The lowest BCUT2D eigenvalue weighted by atomic mass is 10.1. The number of aliphatic hydroxyl groups is 1. The molecular weight excluding hydrogens is 112 g/mol. The van der Waals surface area contributed by atoms with Crippen LogP contribution in [0.1, 0.15) is 33.1 Å². The lowest BCUT2D eigenvalue weighted by Gasteiger charge is -2.01. The first kappa shape index (κ1) is 8.52. The standard InChI is InChI=1S/C8H14O/c1-3-5-7-8(9)6-4-2/h8-9H,4,6-7H2,1-2H3. The predicted octanol–water partition coefficient (Wildman–Crippen LogP) is 1.56. The van der Waals surface area contributed by atoms with E-state index >= 15 is 0 Å². The Morgan fingerprint density at radius 3 is 2.67 bits per heavy atom. The van der Waals surface area contributed by atoms with Crippen molar-refractivity contribution in [2.75, 3.05) is 0 Å². The Hall–Kier alpha value is -0.480. The van der Waals surface area contributed by atoms with Gasteiger partial charge in [0, 0.05) is 6.42 Å². The predicted molar refractivity (Wildman–Crippen MR) is 39.0 cm³/mol. The van der Waals surface area contributed by atoms with Gasteiger partial charge in [-0.05, 0) is 13.3 Å². The SMILES string of the molecule is CC#CCC(O)CCC. The summed E-state index contributed by atoms with van der Waals surface area (Å²) in [4.78, 5) is 0. The molecule has 0 saturated carbocycles. The van der Waals surface area contributed by atoms with Crippen LogP contribution in [0.25, 0.3) is 0 Å². The zero-order valence-corrected chi connectivity index (χ0v) is 6.15. The van der Waals surface area contributed by atoms with Crippen molar-refractivity contribution in [3.8, 4) is 11.8 Å². The van der Waals surface area contributed by atoms with Crippen LogP contribution in [0.4, 0.5) is 0 Å². The van der Waals surface area contributed by atoms with Crippen LogP contribution < -0.4 is 0 Å². The van der Waals surface area contributed by atoms with Gasteiger partial charge in [0.2, 0.25) is 0 Å². The van der Waals surface area contributed by atoms with Crippen molar-refractivity contribution in [2.45, 2.75) is 39.2 Å². The van der Waals surface area contributed by atoms with E-state index in [4.69, 9.17) is 5.11 Å². The molecular formula is C8H14O. The Morgan fingerprint density at radius 2 is 2.22 bits per heavy atom. The highest BCUT2D eigenvalue weighted by molar-refractivity contribution is 4.96. The summed E-state index contributed by atoms with van der Waals surface area (Å²) in [6, 6.07) is 0. The summed E-state index contributed by atoms with van der Waals surface area (Å²) < 4.78 is 0. The maximum Gasteiger partial charge on any atom is 0.0649 e. The lowest BCUT2D eigenvalue weighted by molar-refractivity contribution is 0.169. The minimum absolute atomic E-state index is 0.206. The van der Waals surface area contributed by atoms with Crippen LogP contribution in [0.2, 0.25) is 0 Å². The molecule has 52 valence electrons. The molecule has 0 aromatic carbocycles. The quantitative estimate of drug-likeness (QED) is 0.569. The molecule has 0 bridgehead atoms. The molecule has 0 aliphatic carbocycles. The van der Waals surface area contributed by atoms with E-state index in [-0.39, 0.29) is 6.10 Å². The normalized spacial score (nSPS) is 11.9. The van der Waals surface area contributed by atoms with Gasteiger partial charge in [0.25, 0.3) is 0 Å². The second-order valence-electron chi connectivity index (χ2n) is 2.07. The van der Waals surface area contributed by atoms with Gasteiger partial charge in [-0.1, -0.05) is 13.3 Å². The first-order chi connectivity index (χ1) is 4.31. The van der Waals surface area contributed by atoms with Gasteiger partial charge in [0.15, 0.2) is 0 Å². The molecule has 0 heterocycles. The van der Waals surface area contributed by atoms with E-state index in [1.807, 2.05) is 0 Å². The van der Waals surface area contributed by atoms with E-state index in [1.165, 1.54) is 0 Å². The molecule has 0 spiro atoms. The Kier molecular flexibility index (Phi) is 5.35. The molecule has 1 heteroatoms. The van der Waals surface area contributed by atoms with Crippen molar-refractivity contribution in [1.82, 2.24) is 0 Å². The van der Waals surface area contributed by atoms with Gasteiger partial charge >= 0.3 is 0 Å². The Bertz CT molecular complexity index is 107. The van der Waals surface area contributed by atoms with Gasteiger partial charge < -0.3 is 5.11 Å². The smallest absolute Gasteiger partial charge is 0.0649 e. The Morgan fingerprint density at radius 1 is 1.56 bits per heavy atom. The van der Waals surface area contributed by atoms with E-state index in [0.717, 1.165) is 12.8 Å². The minimum atomic E-state index is -0.206. The van der Waals surface area contributed by atoms with Crippen molar-refractivity contribution in [3.05, 3.63) is 0 Å². The van der Waals surface area contributed by atoms with E-state index < -0.39 is 0 Å². The first-order valence-electron chi connectivity index (χ1n) is 3.39. The molecule has 1 unspecified atom stereocenters. The van der Waals surface area contributed by atoms with Crippen LogP contribution >= 0.6 is 0 Å². The average molecular weight is 126 g/mol. The maximum atomic E-state index is 9.08. The molecule has 1 nitrogen and oxygen atoms in total. The van der Waals surface area contributed by atoms with Gasteiger partial charge in [0.1, 0.15) is 0 Å². The van der Waals surface area contributed by atoms with Crippen LogP contribution in [-0.2, 0) is 0 Å². The molecule has 1 atom stereocenters. The molecule has 0 aliphatic heterocycles. The lowest BCUT2D eigenvalue weighted by Crippen LogP contribution is -2.03. The fourth-order valence-electron chi connectivity index (χ4n) is 0.655.